The number of hydrogen-bond donors (Lipinski definition) is 1. The molecule has 0 spiro atoms. The lowest BCUT2D eigenvalue weighted by Crippen LogP contribution is -2.45. The van der Waals surface area contributed by atoms with Crippen LogP contribution in [0.4, 0.5) is 0 Å². The second-order valence-electron chi connectivity index (χ2n) is 4.38. The molecule has 5 unspecified atom stereocenters. The monoisotopic (exact) mass is 186 g/mol. The van der Waals surface area contributed by atoms with Gasteiger partial charge in [-0.15, -0.1) is 0 Å². The molecular formula is C11H22O2. The molecule has 1 aliphatic rings. The Balaban J connectivity index is 2.66. The molecule has 0 aliphatic carbocycles. The Bertz CT molecular complexity index is 138. The molecule has 5 atom stereocenters. The molecule has 0 aromatic rings. The Labute approximate surface area is 81.3 Å². The molecule has 1 heterocycles. The van der Waals surface area contributed by atoms with Crippen molar-refractivity contribution in [1.29, 1.82) is 0 Å². The van der Waals surface area contributed by atoms with Crippen LogP contribution in [-0.2, 0) is 4.74 Å². The summed E-state index contributed by atoms with van der Waals surface area (Å²) in [7, 11) is 0. The number of aliphatic hydroxyl groups excluding tert-OH is 1. The predicted octanol–water partition coefficient (Wildman–Crippen LogP) is 2.06. The molecule has 0 amide bonds. The van der Waals surface area contributed by atoms with Gasteiger partial charge in [0.05, 0.1) is 18.8 Å². The van der Waals surface area contributed by atoms with Crippen LogP contribution in [0.3, 0.4) is 0 Å². The van der Waals surface area contributed by atoms with Gasteiger partial charge in [-0.2, -0.15) is 0 Å². The van der Waals surface area contributed by atoms with Crippen LogP contribution in [0, 0.1) is 17.8 Å². The second kappa shape index (κ2) is 4.43. The summed E-state index contributed by atoms with van der Waals surface area (Å²) in [4.78, 5) is 0. The molecule has 1 fully saturated rings. The van der Waals surface area contributed by atoms with Crippen molar-refractivity contribution in [2.75, 3.05) is 6.61 Å². The van der Waals surface area contributed by atoms with E-state index in [1.54, 1.807) is 0 Å². The summed E-state index contributed by atoms with van der Waals surface area (Å²) in [6.45, 7) is 9.01. The molecular weight excluding hydrogens is 164 g/mol. The van der Waals surface area contributed by atoms with E-state index >= 15 is 0 Å². The summed E-state index contributed by atoms with van der Waals surface area (Å²) < 4.78 is 5.83. The second-order valence-corrected chi connectivity index (χ2v) is 4.38. The average Bonchev–Trinajstić information content (AvgIpc) is 2.15. The molecule has 13 heavy (non-hydrogen) atoms. The van der Waals surface area contributed by atoms with Crippen molar-refractivity contribution < 1.29 is 9.84 Å². The number of rotatable bonds is 2. The third-order valence-corrected chi connectivity index (χ3v) is 3.76. The van der Waals surface area contributed by atoms with Gasteiger partial charge in [0.25, 0.3) is 0 Å². The van der Waals surface area contributed by atoms with Gasteiger partial charge in [-0.1, -0.05) is 27.7 Å². The SMILES string of the molecule is CCC1OC(CO)C(C)C(C)C1C. The summed E-state index contributed by atoms with van der Waals surface area (Å²) >= 11 is 0. The first kappa shape index (κ1) is 11.0. The fraction of sp³-hybridized carbons (Fsp3) is 1.00. The van der Waals surface area contributed by atoms with E-state index < -0.39 is 0 Å². The van der Waals surface area contributed by atoms with Crippen LogP contribution >= 0.6 is 0 Å². The van der Waals surface area contributed by atoms with Gasteiger partial charge in [-0.05, 0) is 24.2 Å². The van der Waals surface area contributed by atoms with Crippen molar-refractivity contribution in [3.63, 3.8) is 0 Å². The standard InChI is InChI=1S/C11H22O2/c1-5-10-8(3)7(2)9(4)11(6-12)13-10/h7-12H,5-6H2,1-4H3. The minimum absolute atomic E-state index is 0.0520. The Morgan fingerprint density at radius 2 is 1.54 bits per heavy atom. The van der Waals surface area contributed by atoms with Crippen molar-refractivity contribution in [2.24, 2.45) is 17.8 Å². The Hall–Kier alpha value is -0.0800. The first-order valence-electron chi connectivity index (χ1n) is 5.38. The minimum atomic E-state index is 0.0520. The van der Waals surface area contributed by atoms with Crippen LogP contribution in [0.25, 0.3) is 0 Å². The van der Waals surface area contributed by atoms with Gasteiger partial charge >= 0.3 is 0 Å². The lowest BCUT2D eigenvalue weighted by atomic mass is 9.76. The smallest absolute Gasteiger partial charge is 0.0837 e. The van der Waals surface area contributed by atoms with Crippen LogP contribution in [0.5, 0.6) is 0 Å². The molecule has 0 aromatic heterocycles. The zero-order valence-electron chi connectivity index (χ0n) is 9.16. The van der Waals surface area contributed by atoms with Crippen LogP contribution in [0.1, 0.15) is 34.1 Å². The maximum atomic E-state index is 9.15. The van der Waals surface area contributed by atoms with Crippen LogP contribution < -0.4 is 0 Å². The normalized spacial score (nSPS) is 46.4. The quantitative estimate of drug-likeness (QED) is 0.715. The molecule has 1 rings (SSSR count). The van der Waals surface area contributed by atoms with Gasteiger partial charge < -0.3 is 9.84 Å². The van der Waals surface area contributed by atoms with Gasteiger partial charge in [-0.3, -0.25) is 0 Å². The third-order valence-electron chi connectivity index (χ3n) is 3.76. The van der Waals surface area contributed by atoms with Crippen LogP contribution in [-0.4, -0.2) is 23.9 Å². The van der Waals surface area contributed by atoms with Crippen LogP contribution in [0.2, 0.25) is 0 Å². The molecule has 0 saturated carbocycles. The number of hydrogen-bond acceptors (Lipinski definition) is 2. The predicted molar refractivity (Wildman–Crippen MR) is 53.5 cm³/mol. The highest BCUT2D eigenvalue weighted by atomic mass is 16.5. The van der Waals surface area contributed by atoms with E-state index in [0.717, 1.165) is 6.42 Å². The zero-order chi connectivity index (χ0) is 10.0. The molecule has 2 heteroatoms. The van der Waals surface area contributed by atoms with E-state index in [-0.39, 0.29) is 12.7 Å². The topological polar surface area (TPSA) is 29.5 Å². The highest BCUT2D eigenvalue weighted by Gasteiger charge is 2.37. The lowest BCUT2D eigenvalue weighted by Gasteiger charge is -2.43. The fourth-order valence-corrected chi connectivity index (χ4v) is 2.31. The first-order valence-corrected chi connectivity index (χ1v) is 5.38. The number of aliphatic hydroxyl groups is 1. The van der Waals surface area contributed by atoms with E-state index in [9.17, 15) is 0 Å². The largest absolute Gasteiger partial charge is 0.394 e. The van der Waals surface area contributed by atoms with Gasteiger partial charge in [0.15, 0.2) is 0 Å². The maximum Gasteiger partial charge on any atom is 0.0837 e. The van der Waals surface area contributed by atoms with E-state index in [4.69, 9.17) is 9.84 Å². The third kappa shape index (κ3) is 2.05. The number of ether oxygens (including phenoxy) is 1. The Kier molecular flexibility index (Phi) is 3.74. The summed E-state index contributed by atoms with van der Waals surface area (Å²) in [5, 5.41) is 9.15. The fourth-order valence-electron chi connectivity index (χ4n) is 2.31. The molecule has 1 N–H and O–H groups in total. The Morgan fingerprint density at radius 1 is 1.00 bits per heavy atom. The van der Waals surface area contributed by atoms with E-state index in [2.05, 4.69) is 27.7 Å². The van der Waals surface area contributed by atoms with Crippen molar-refractivity contribution in [3.05, 3.63) is 0 Å². The lowest BCUT2D eigenvalue weighted by molar-refractivity contribution is -0.148. The molecule has 0 radical (unpaired) electrons. The van der Waals surface area contributed by atoms with Crippen molar-refractivity contribution in [2.45, 2.75) is 46.3 Å². The zero-order valence-corrected chi connectivity index (χ0v) is 9.16. The summed E-state index contributed by atoms with van der Waals surface area (Å²) in [6, 6.07) is 0. The van der Waals surface area contributed by atoms with Crippen molar-refractivity contribution in [1.82, 2.24) is 0 Å². The van der Waals surface area contributed by atoms with E-state index in [1.807, 2.05) is 0 Å². The van der Waals surface area contributed by atoms with E-state index in [0.29, 0.717) is 23.9 Å². The molecule has 78 valence electrons. The van der Waals surface area contributed by atoms with Gasteiger partial charge in [0.1, 0.15) is 0 Å². The van der Waals surface area contributed by atoms with Gasteiger partial charge in [0.2, 0.25) is 0 Å². The molecule has 1 saturated heterocycles. The van der Waals surface area contributed by atoms with Gasteiger partial charge in [0, 0.05) is 0 Å². The van der Waals surface area contributed by atoms with E-state index in [1.165, 1.54) is 0 Å². The van der Waals surface area contributed by atoms with Crippen LogP contribution in [0.15, 0.2) is 0 Å². The Morgan fingerprint density at radius 3 is 2.00 bits per heavy atom. The summed E-state index contributed by atoms with van der Waals surface area (Å²) in [6.07, 6.45) is 1.44. The first-order chi connectivity index (χ1) is 6.11. The molecule has 0 aromatic carbocycles. The highest BCUT2D eigenvalue weighted by Crippen LogP contribution is 2.35. The van der Waals surface area contributed by atoms with Crippen molar-refractivity contribution >= 4 is 0 Å². The molecule has 0 bridgehead atoms. The molecule has 1 aliphatic heterocycles. The maximum absolute atomic E-state index is 9.15. The molecule has 2 nitrogen and oxygen atoms in total. The van der Waals surface area contributed by atoms with Crippen molar-refractivity contribution in [3.8, 4) is 0 Å². The summed E-state index contributed by atoms with van der Waals surface area (Å²) in [5.74, 6) is 1.74. The minimum Gasteiger partial charge on any atom is -0.394 e. The van der Waals surface area contributed by atoms with Gasteiger partial charge in [-0.25, -0.2) is 0 Å². The summed E-state index contributed by atoms with van der Waals surface area (Å²) in [5.41, 5.74) is 0. The highest BCUT2D eigenvalue weighted by molar-refractivity contribution is 4.84. The average molecular weight is 186 g/mol.